The van der Waals surface area contributed by atoms with E-state index in [2.05, 4.69) is 6.58 Å². The van der Waals surface area contributed by atoms with Crippen LogP contribution >= 0.6 is 0 Å². The average molecular weight is 345 g/mol. The maximum absolute atomic E-state index is 12.4. The second kappa shape index (κ2) is 8.95. The Balaban J connectivity index is 2.82. The summed E-state index contributed by atoms with van der Waals surface area (Å²) < 4.78 is 47.1. The summed E-state index contributed by atoms with van der Waals surface area (Å²) in [5.41, 5.74) is 0.543. The number of alkyl halides is 3. The molecule has 0 aliphatic rings. The molecule has 132 valence electrons. The van der Waals surface area contributed by atoms with Crippen molar-refractivity contribution in [3.8, 4) is 5.75 Å². The van der Waals surface area contributed by atoms with Crippen molar-refractivity contribution in [2.24, 2.45) is 0 Å². The van der Waals surface area contributed by atoms with Gasteiger partial charge in [0.25, 0.3) is 0 Å². The molecule has 1 amide bonds. The lowest BCUT2D eigenvalue weighted by Crippen LogP contribution is -2.48. The second-order valence-electron chi connectivity index (χ2n) is 4.72. The summed E-state index contributed by atoms with van der Waals surface area (Å²) in [7, 11) is 0. The number of ether oxygens (including phenoxy) is 2. The molecule has 0 aromatic heterocycles. The van der Waals surface area contributed by atoms with Crippen LogP contribution in [-0.2, 0) is 20.7 Å². The molecule has 1 rings (SSSR count). The van der Waals surface area contributed by atoms with Gasteiger partial charge in [0, 0.05) is 6.42 Å². The molecule has 0 heterocycles. The Kier molecular flexibility index (Phi) is 7.29. The third-order valence-corrected chi connectivity index (χ3v) is 2.86. The largest absolute Gasteiger partial charge is 0.490 e. The van der Waals surface area contributed by atoms with Gasteiger partial charge in [-0.15, -0.1) is 0 Å². The zero-order valence-electron chi connectivity index (χ0n) is 13.1. The van der Waals surface area contributed by atoms with E-state index in [1.54, 1.807) is 35.7 Å². The van der Waals surface area contributed by atoms with E-state index in [-0.39, 0.29) is 13.0 Å². The molecule has 0 radical (unpaired) electrons. The van der Waals surface area contributed by atoms with Gasteiger partial charge in [0.05, 0.1) is 6.61 Å². The first kappa shape index (κ1) is 19.5. The molecule has 8 heteroatoms. The van der Waals surface area contributed by atoms with Crippen LogP contribution in [0, 0.1) is 0 Å². The van der Waals surface area contributed by atoms with Crippen molar-refractivity contribution in [1.82, 2.24) is 5.32 Å². The van der Waals surface area contributed by atoms with Crippen molar-refractivity contribution in [2.75, 3.05) is 13.2 Å². The number of carbonyl (C=O) groups excluding carboxylic acids is 2. The van der Waals surface area contributed by atoms with Crippen LogP contribution in [0.2, 0.25) is 0 Å². The highest BCUT2D eigenvalue weighted by Gasteiger charge is 2.41. The van der Waals surface area contributed by atoms with Crippen LogP contribution in [0.3, 0.4) is 0 Å². The lowest BCUT2D eigenvalue weighted by molar-refractivity contribution is -0.175. The quantitative estimate of drug-likeness (QED) is 0.580. The van der Waals surface area contributed by atoms with Gasteiger partial charge in [-0.2, -0.15) is 13.2 Å². The summed E-state index contributed by atoms with van der Waals surface area (Å²) in [5.74, 6) is -2.57. The minimum absolute atomic E-state index is 0.00838. The van der Waals surface area contributed by atoms with E-state index in [1.807, 2.05) is 0 Å². The minimum atomic E-state index is -5.08. The van der Waals surface area contributed by atoms with Gasteiger partial charge in [0.15, 0.2) is 0 Å². The van der Waals surface area contributed by atoms with Crippen molar-refractivity contribution in [3.63, 3.8) is 0 Å². The van der Waals surface area contributed by atoms with Crippen molar-refractivity contribution < 1.29 is 32.2 Å². The fourth-order valence-corrected chi connectivity index (χ4v) is 1.79. The van der Waals surface area contributed by atoms with E-state index in [9.17, 15) is 22.8 Å². The number of amides is 1. The minimum Gasteiger partial charge on any atom is -0.490 e. The maximum atomic E-state index is 12.4. The lowest BCUT2D eigenvalue weighted by atomic mass is 10.1. The number of benzene rings is 1. The highest BCUT2D eigenvalue weighted by atomic mass is 19.4. The molecule has 0 saturated carbocycles. The van der Waals surface area contributed by atoms with Gasteiger partial charge in [-0.05, 0) is 24.6 Å². The van der Waals surface area contributed by atoms with Gasteiger partial charge in [0.2, 0.25) is 0 Å². The van der Waals surface area contributed by atoms with Crippen molar-refractivity contribution in [3.05, 3.63) is 42.5 Å². The monoisotopic (exact) mass is 345 g/mol. The Labute approximate surface area is 137 Å². The molecule has 1 aromatic rings. The van der Waals surface area contributed by atoms with Crippen LogP contribution in [0.15, 0.2) is 36.9 Å². The smallest absolute Gasteiger partial charge is 0.471 e. The third-order valence-electron chi connectivity index (χ3n) is 2.86. The molecular weight excluding hydrogens is 327 g/mol. The fraction of sp³-hybridized carbons (Fsp3) is 0.375. The molecule has 0 aliphatic heterocycles. The molecule has 24 heavy (non-hydrogen) atoms. The number of hydrogen-bond acceptors (Lipinski definition) is 4. The number of halogens is 3. The van der Waals surface area contributed by atoms with Gasteiger partial charge >= 0.3 is 18.1 Å². The maximum Gasteiger partial charge on any atom is 0.471 e. The summed E-state index contributed by atoms with van der Waals surface area (Å²) in [6.07, 6.45) is -3.65. The molecule has 1 atom stereocenters. The predicted octanol–water partition coefficient (Wildman–Crippen LogP) is 2.40. The topological polar surface area (TPSA) is 64.6 Å². The zero-order valence-corrected chi connectivity index (χ0v) is 13.1. The van der Waals surface area contributed by atoms with E-state index in [4.69, 9.17) is 9.47 Å². The molecule has 5 nitrogen and oxygen atoms in total. The highest BCUT2D eigenvalue weighted by molar-refractivity contribution is 5.87. The average Bonchev–Trinajstić information content (AvgIpc) is 2.52. The first-order chi connectivity index (χ1) is 11.3. The SMILES string of the molecule is C=CCOc1ccc(C[C@H](NC(=O)C(F)(F)F)C(=O)OCC)cc1. The Morgan fingerprint density at radius 3 is 2.42 bits per heavy atom. The molecule has 1 N–H and O–H groups in total. The molecule has 0 aliphatic carbocycles. The van der Waals surface area contributed by atoms with Gasteiger partial charge in [-0.1, -0.05) is 24.8 Å². The van der Waals surface area contributed by atoms with E-state index < -0.39 is 24.1 Å². The van der Waals surface area contributed by atoms with Crippen LogP contribution in [0.1, 0.15) is 12.5 Å². The van der Waals surface area contributed by atoms with Crippen molar-refractivity contribution >= 4 is 11.9 Å². The van der Waals surface area contributed by atoms with Gasteiger partial charge < -0.3 is 14.8 Å². The Morgan fingerprint density at radius 2 is 1.92 bits per heavy atom. The van der Waals surface area contributed by atoms with Crippen LogP contribution in [-0.4, -0.2) is 37.3 Å². The molecule has 0 fully saturated rings. The van der Waals surface area contributed by atoms with E-state index in [1.165, 1.54) is 6.92 Å². The van der Waals surface area contributed by atoms with Crippen molar-refractivity contribution in [2.45, 2.75) is 25.6 Å². The lowest BCUT2D eigenvalue weighted by Gasteiger charge is -2.18. The van der Waals surface area contributed by atoms with Crippen LogP contribution in [0.25, 0.3) is 0 Å². The molecule has 0 spiro atoms. The Morgan fingerprint density at radius 1 is 1.29 bits per heavy atom. The van der Waals surface area contributed by atoms with Crippen LogP contribution < -0.4 is 10.1 Å². The summed E-state index contributed by atoms with van der Waals surface area (Å²) in [6, 6.07) is 4.95. The molecule has 1 aromatic carbocycles. The summed E-state index contributed by atoms with van der Waals surface area (Å²) in [4.78, 5) is 22.9. The summed E-state index contributed by atoms with van der Waals surface area (Å²) >= 11 is 0. The first-order valence-electron chi connectivity index (χ1n) is 7.14. The highest BCUT2D eigenvalue weighted by Crippen LogP contribution is 2.17. The third kappa shape index (κ3) is 6.31. The standard InChI is InChI=1S/C16H18F3NO4/c1-3-9-24-12-7-5-11(6-8-12)10-13(14(21)23-4-2)20-15(22)16(17,18)19/h3,5-8,13H,1,4,9-10H2,2H3,(H,20,22)/t13-/m0/s1. The first-order valence-corrected chi connectivity index (χ1v) is 7.14. The van der Waals surface area contributed by atoms with E-state index in [0.717, 1.165) is 0 Å². The fourth-order valence-electron chi connectivity index (χ4n) is 1.79. The molecule has 0 saturated heterocycles. The zero-order chi connectivity index (χ0) is 18.2. The number of nitrogens with one attached hydrogen (secondary N) is 1. The van der Waals surface area contributed by atoms with Gasteiger partial charge in [-0.25, -0.2) is 4.79 Å². The molecule has 0 bridgehead atoms. The summed E-state index contributed by atoms with van der Waals surface area (Å²) in [6.45, 7) is 5.33. The summed E-state index contributed by atoms with van der Waals surface area (Å²) in [5, 5.41) is 1.66. The Hall–Kier alpha value is -2.51. The number of rotatable bonds is 8. The van der Waals surface area contributed by atoms with Crippen molar-refractivity contribution in [1.29, 1.82) is 0 Å². The number of esters is 1. The number of carbonyl (C=O) groups is 2. The van der Waals surface area contributed by atoms with E-state index in [0.29, 0.717) is 17.9 Å². The second-order valence-corrected chi connectivity index (χ2v) is 4.72. The van der Waals surface area contributed by atoms with E-state index >= 15 is 0 Å². The predicted molar refractivity (Wildman–Crippen MR) is 80.5 cm³/mol. The Bertz CT molecular complexity index is 570. The van der Waals surface area contributed by atoms with Gasteiger partial charge in [0.1, 0.15) is 18.4 Å². The van der Waals surface area contributed by atoms with Crippen LogP contribution in [0.4, 0.5) is 13.2 Å². The normalized spacial score (nSPS) is 12.2. The number of hydrogen-bond donors (Lipinski definition) is 1. The van der Waals surface area contributed by atoms with Gasteiger partial charge in [-0.3, -0.25) is 4.79 Å². The molecular formula is C16H18F3NO4. The molecule has 0 unspecified atom stereocenters. The van der Waals surface area contributed by atoms with Crippen LogP contribution in [0.5, 0.6) is 5.75 Å².